The van der Waals surface area contributed by atoms with Crippen molar-refractivity contribution < 1.29 is 9.90 Å². The number of hydrogen-bond acceptors (Lipinski definition) is 3. The fraction of sp³-hybridized carbons (Fsp3) is 0.364. The summed E-state index contributed by atoms with van der Waals surface area (Å²) in [4.78, 5) is 12.7. The topological polar surface area (TPSA) is 40.5 Å². The van der Waals surface area contributed by atoms with Crippen LogP contribution in [0.2, 0.25) is 0 Å². The van der Waals surface area contributed by atoms with E-state index >= 15 is 0 Å². The fourth-order valence-corrected chi connectivity index (χ4v) is 2.46. The normalized spacial score (nSPS) is 20.7. The molecule has 4 heteroatoms. The Kier molecular flexibility index (Phi) is 3.07. The van der Waals surface area contributed by atoms with Gasteiger partial charge in [-0.1, -0.05) is 0 Å². The van der Waals surface area contributed by atoms with Crippen molar-refractivity contribution in [1.82, 2.24) is 0 Å². The van der Waals surface area contributed by atoms with E-state index < -0.39 is 0 Å². The van der Waals surface area contributed by atoms with Gasteiger partial charge in [0.15, 0.2) is 0 Å². The summed E-state index contributed by atoms with van der Waals surface area (Å²) in [5.41, 5.74) is 1.70. The molecular weight excluding hydrogens is 258 g/mol. The average molecular weight is 270 g/mol. The van der Waals surface area contributed by atoms with Gasteiger partial charge in [-0.25, -0.2) is 0 Å². The third kappa shape index (κ3) is 2.21. The van der Waals surface area contributed by atoms with Gasteiger partial charge < -0.3 is 10.0 Å². The number of halogens is 1. The molecule has 1 saturated heterocycles. The molecule has 1 heterocycles. The molecule has 1 fully saturated rings. The number of rotatable bonds is 2. The number of aliphatic hydroxyl groups is 1. The molecule has 1 aliphatic rings. The highest BCUT2D eigenvalue weighted by Gasteiger charge is 2.21. The van der Waals surface area contributed by atoms with Crippen LogP contribution in [-0.2, 0) is 0 Å². The first-order chi connectivity index (χ1) is 7.20. The van der Waals surface area contributed by atoms with Crippen LogP contribution in [0.15, 0.2) is 22.7 Å². The smallest absolute Gasteiger partial charge is 0.150 e. The van der Waals surface area contributed by atoms with Crippen molar-refractivity contribution in [1.29, 1.82) is 0 Å². The second-order valence-corrected chi connectivity index (χ2v) is 4.57. The van der Waals surface area contributed by atoms with Crippen molar-refractivity contribution >= 4 is 27.9 Å². The SMILES string of the molecule is O=Cc1ccc(N2CCC(O)C2)c(Br)c1. The molecular formula is C11H12BrNO2. The van der Waals surface area contributed by atoms with Gasteiger partial charge in [0, 0.05) is 23.1 Å². The van der Waals surface area contributed by atoms with Crippen molar-refractivity contribution in [3.8, 4) is 0 Å². The Balaban J connectivity index is 2.25. The van der Waals surface area contributed by atoms with Gasteiger partial charge in [0.25, 0.3) is 0 Å². The zero-order valence-electron chi connectivity index (χ0n) is 8.19. The van der Waals surface area contributed by atoms with Crippen molar-refractivity contribution in [3.05, 3.63) is 28.2 Å². The molecule has 0 saturated carbocycles. The van der Waals surface area contributed by atoms with Crippen LogP contribution in [0.3, 0.4) is 0 Å². The van der Waals surface area contributed by atoms with Crippen LogP contribution in [0.1, 0.15) is 16.8 Å². The molecule has 0 aromatic heterocycles. The van der Waals surface area contributed by atoms with Crippen LogP contribution in [0.4, 0.5) is 5.69 Å². The van der Waals surface area contributed by atoms with E-state index in [1.165, 1.54) is 0 Å². The van der Waals surface area contributed by atoms with Crippen LogP contribution in [0, 0.1) is 0 Å². The van der Waals surface area contributed by atoms with Gasteiger partial charge in [-0.05, 0) is 40.5 Å². The van der Waals surface area contributed by atoms with Crippen LogP contribution in [-0.4, -0.2) is 30.6 Å². The molecule has 0 aliphatic carbocycles. The summed E-state index contributed by atoms with van der Waals surface area (Å²) in [6, 6.07) is 5.50. The van der Waals surface area contributed by atoms with Gasteiger partial charge in [-0.2, -0.15) is 0 Å². The first kappa shape index (κ1) is 10.6. The quantitative estimate of drug-likeness (QED) is 0.833. The highest BCUT2D eigenvalue weighted by atomic mass is 79.9. The van der Waals surface area contributed by atoms with E-state index in [2.05, 4.69) is 20.8 Å². The number of anilines is 1. The molecule has 1 unspecified atom stereocenters. The maximum atomic E-state index is 10.6. The first-order valence-corrected chi connectivity index (χ1v) is 5.68. The predicted octanol–water partition coefficient (Wildman–Crippen LogP) is 1.83. The lowest BCUT2D eigenvalue weighted by molar-refractivity contribution is 0.112. The molecule has 1 aliphatic heterocycles. The van der Waals surface area contributed by atoms with Gasteiger partial charge >= 0.3 is 0 Å². The highest BCUT2D eigenvalue weighted by molar-refractivity contribution is 9.10. The summed E-state index contributed by atoms with van der Waals surface area (Å²) < 4.78 is 0.904. The number of carbonyl (C=O) groups excluding carboxylic acids is 1. The lowest BCUT2D eigenvalue weighted by Gasteiger charge is -2.19. The molecule has 1 aromatic rings. The van der Waals surface area contributed by atoms with E-state index in [-0.39, 0.29) is 6.10 Å². The minimum absolute atomic E-state index is 0.234. The van der Waals surface area contributed by atoms with Gasteiger partial charge in [-0.15, -0.1) is 0 Å². The molecule has 80 valence electrons. The number of nitrogens with zero attached hydrogens (tertiary/aromatic N) is 1. The minimum Gasteiger partial charge on any atom is -0.391 e. The second kappa shape index (κ2) is 4.33. The van der Waals surface area contributed by atoms with Gasteiger partial charge in [0.2, 0.25) is 0 Å². The number of β-amino-alcohol motifs (C(OH)–C–C–N with tert-alkyl or cyclic N) is 1. The lowest BCUT2D eigenvalue weighted by Crippen LogP contribution is -2.21. The van der Waals surface area contributed by atoms with E-state index in [1.807, 2.05) is 6.07 Å². The first-order valence-electron chi connectivity index (χ1n) is 4.88. The van der Waals surface area contributed by atoms with E-state index in [0.717, 1.165) is 29.4 Å². The molecule has 1 atom stereocenters. The standard InChI is InChI=1S/C11H12BrNO2/c12-10-5-8(7-14)1-2-11(10)13-4-3-9(15)6-13/h1-2,5,7,9,15H,3-4,6H2. The Morgan fingerprint density at radius 2 is 2.33 bits per heavy atom. The zero-order valence-corrected chi connectivity index (χ0v) is 9.77. The van der Waals surface area contributed by atoms with Gasteiger partial charge in [-0.3, -0.25) is 4.79 Å². The van der Waals surface area contributed by atoms with Crippen LogP contribution in [0.5, 0.6) is 0 Å². The van der Waals surface area contributed by atoms with E-state index in [9.17, 15) is 9.90 Å². The molecule has 0 radical (unpaired) electrons. The fourth-order valence-electron chi connectivity index (χ4n) is 1.81. The summed E-state index contributed by atoms with van der Waals surface area (Å²) in [5, 5.41) is 9.44. The zero-order chi connectivity index (χ0) is 10.8. The van der Waals surface area contributed by atoms with Crippen molar-refractivity contribution in [2.24, 2.45) is 0 Å². The number of aldehydes is 1. The van der Waals surface area contributed by atoms with E-state index in [0.29, 0.717) is 12.1 Å². The Bertz CT molecular complexity index is 381. The predicted molar refractivity (Wildman–Crippen MR) is 62.4 cm³/mol. The van der Waals surface area contributed by atoms with E-state index in [1.54, 1.807) is 12.1 Å². The summed E-state index contributed by atoms with van der Waals surface area (Å²) in [5.74, 6) is 0. The van der Waals surface area contributed by atoms with Crippen molar-refractivity contribution in [3.63, 3.8) is 0 Å². The van der Waals surface area contributed by atoms with Crippen molar-refractivity contribution in [2.75, 3.05) is 18.0 Å². The summed E-state index contributed by atoms with van der Waals surface area (Å²) in [6.45, 7) is 1.53. The van der Waals surface area contributed by atoms with Gasteiger partial charge in [0.1, 0.15) is 6.29 Å². The average Bonchev–Trinajstić information content (AvgIpc) is 2.64. The molecule has 0 amide bonds. The Morgan fingerprint density at radius 3 is 2.87 bits per heavy atom. The minimum atomic E-state index is -0.234. The molecule has 2 rings (SSSR count). The summed E-state index contributed by atoms with van der Waals surface area (Å²) in [6.07, 6.45) is 1.40. The Hall–Kier alpha value is -0.870. The number of hydrogen-bond donors (Lipinski definition) is 1. The summed E-state index contributed by atoms with van der Waals surface area (Å²) >= 11 is 3.44. The number of aliphatic hydroxyl groups excluding tert-OH is 1. The van der Waals surface area contributed by atoms with Gasteiger partial charge in [0.05, 0.1) is 11.8 Å². The van der Waals surface area contributed by atoms with Crippen LogP contribution in [0.25, 0.3) is 0 Å². The third-order valence-corrected chi connectivity index (χ3v) is 3.25. The Labute approximate surface area is 96.8 Å². The lowest BCUT2D eigenvalue weighted by atomic mass is 10.2. The molecule has 0 bridgehead atoms. The second-order valence-electron chi connectivity index (χ2n) is 3.72. The summed E-state index contributed by atoms with van der Waals surface area (Å²) in [7, 11) is 0. The maximum absolute atomic E-state index is 10.6. The van der Waals surface area contributed by atoms with E-state index in [4.69, 9.17) is 0 Å². The van der Waals surface area contributed by atoms with Crippen molar-refractivity contribution in [2.45, 2.75) is 12.5 Å². The molecule has 1 aromatic carbocycles. The molecule has 1 N–H and O–H groups in total. The highest BCUT2D eigenvalue weighted by Crippen LogP contribution is 2.29. The molecule has 3 nitrogen and oxygen atoms in total. The van der Waals surface area contributed by atoms with Crippen LogP contribution < -0.4 is 4.90 Å². The monoisotopic (exact) mass is 269 g/mol. The largest absolute Gasteiger partial charge is 0.391 e. The van der Waals surface area contributed by atoms with Crippen LogP contribution >= 0.6 is 15.9 Å². The maximum Gasteiger partial charge on any atom is 0.150 e. The number of benzene rings is 1. The Morgan fingerprint density at radius 1 is 1.53 bits per heavy atom. The molecule has 15 heavy (non-hydrogen) atoms. The number of carbonyl (C=O) groups is 1. The third-order valence-electron chi connectivity index (χ3n) is 2.61. The molecule has 0 spiro atoms.